The molecule has 1 fully saturated rings. The Labute approximate surface area is 253 Å². The molecule has 0 radical (unpaired) electrons. The van der Waals surface area contributed by atoms with Crippen LogP contribution in [-0.4, -0.2) is 58.2 Å². The highest BCUT2D eigenvalue weighted by atomic mass is 35.5. The van der Waals surface area contributed by atoms with Crippen LogP contribution in [0.15, 0.2) is 42.5 Å². The Morgan fingerprint density at radius 1 is 0.929 bits per heavy atom. The van der Waals surface area contributed by atoms with Gasteiger partial charge in [-0.15, -0.1) is 0 Å². The van der Waals surface area contributed by atoms with Gasteiger partial charge in [-0.1, -0.05) is 41.9 Å². The third kappa shape index (κ3) is 8.38. The number of fused-ring (bicyclic) bond motifs is 1. The first-order valence-corrected chi connectivity index (χ1v) is 14.9. The van der Waals surface area contributed by atoms with E-state index in [4.69, 9.17) is 21.1 Å². The minimum Gasteiger partial charge on any atom is -0.444 e. The predicted molar refractivity (Wildman–Crippen MR) is 162 cm³/mol. The monoisotopic (exact) mass is 598 g/mol. The van der Waals surface area contributed by atoms with Crippen molar-refractivity contribution in [2.45, 2.75) is 97.3 Å². The van der Waals surface area contributed by atoms with Crippen LogP contribution in [0, 0.1) is 0 Å². The maximum absolute atomic E-state index is 13.5. The molecule has 3 amide bonds. The van der Waals surface area contributed by atoms with Crippen molar-refractivity contribution in [1.29, 1.82) is 0 Å². The quantitative estimate of drug-likeness (QED) is 0.409. The van der Waals surface area contributed by atoms with Crippen LogP contribution in [0.1, 0.15) is 82.7 Å². The number of carbonyl (C=O) groups excluding carboxylic acids is 3. The molecular formula is C32H43ClN4O5. The van der Waals surface area contributed by atoms with Gasteiger partial charge in [-0.2, -0.15) is 0 Å². The van der Waals surface area contributed by atoms with E-state index < -0.39 is 17.3 Å². The number of carbonyl (C=O) groups is 3. The first-order chi connectivity index (χ1) is 19.7. The minimum absolute atomic E-state index is 0.0753. The van der Waals surface area contributed by atoms with Crippen LogP contribution in [0.3, 0.4) is 0 Å². The number of ether oxygens (including phenoxy) is 2. The first-order valence-electron chi connectivity index (χ1n) is 14.5. The van der Waals surface area contributed by atoms with Gasteiger partial charge in [-0.25, -0.2) is 9.59 Å². The number of hydrogen-bond donors (Lipinski definition) is 2. The predicted octanol–water partition coefficient (Wildman–Crippen LogP) is 5.94. The van der Waals surface area contributed by atoms with Gasteiger partial charge in [0.2, 0.25) is 5.91 Å². The number of alkyl carbamates (subject to hydrolysis) is 1. The van der Waals surface area contributed by atoms with E-state index in [1.807, 2.05) is 65.8 Å². The average Bonchev–Trinajstić information content (AvgIpc) is 3.50. The van der Waals surface area contributed by atoms with Crippen LogP contribution in [0.5, 0.6) is 0 Å². The SMILES string of the molecule is CC(C)(C)OC(=O)NCc1ccc(Cl)cc1CNC(=O)[C@@H]1CCCN1CC1c2ccccc2CN1C(=O)OC(C)(C)C. The maximum Gasteiger partial charge on any atom is 0.411 e. The van der Waals surface area contributed by atoms with Gasteiger partial charge in [0, 0.05) is 24.7 Å². The molecule has 2 aromatic carbocycles. The second kappa shape index (κ2) is 12.9. The van der Waals surface area contributed by atoms with Crippen molar-refractivity contribution in [3.05, 3.63) is 69.7 Å². The Hall–Kier alpha value is -3.30. The Morgan fingerprint density at radius 3 is 2.33 bits per heavy atom. The number of nitrogens with one attached hydrogen (secondary N) is 2. The summed E-state index contributed by atoms with van der Waals surface area (Å²) in [5, 5.41) is 6.40. The first kappa shape index (κ1) is 31.6. The molecule has 2 aliphatic rings. The van der Waals surface area contributed by atoms with Crippen LogP contribution < -0.4 is 10.6 Å². The molecule has 0 aromatic heterocycles. The van der Waals surface area contributed by atoms with E-state index in [0.29, 0.717) is 18.1 Å². The largest absolute Gasteiger partial charge is 0.444 e. The molecule has 1 unspecified atom stereocenters. The highest BCUT2D eigenvalue weighted by Gasteiger charge is 2.40. The maximum atomic E-state index is 13.5. The Bertz CT molecular complexity index is 1300. The molecule has 10 heteroatoms. The zero-order valence-electron chi connectivity index (χ0n) is 25.5. The molecule has 2 atom stereocenters. The fourth-order valence-electron chi connectivity index (χ4n) is 5.45. The molecule has 42 heavy (non-hydrogen) atoms. The molecule has 228 valence electrons. The lowest BCUT2D eigenvalue weighted by atomic mass is 10.0. The number of nitrogens with zero attached hydrogens (tertiary/aromatic N) is 2. The second-order valence-electron chi connectivity index (χ2n) is 13.0. The zero-order chi connectivity index (χ0) is 30.7. The molecule has 2 heterocycles. The third-order valence-corrected chi connectivity index (χ3v) is 7.51. The summed E-state index contributed by atoms with van der Waals surface area (Å²) in [5.41, 5.74) is 2.64. The highest BCUT2D eigenvalue weighted by molar-refractivity contribution is 6.30. The lowest BCUT2D eigenvalue weighted by Gasteiger charge is -2.33. The standard InChI is InChI=1S/C32H43ClN4O5/c1-31(2,3)41-29(39)35-17-21-13-14-24(33)16-23(21)18-34-28(38)26-12-9-15-36(26)20-27-25-11-8-7-10-22(25)19-37(27)30(40)42-32(4,5)6/h7-8,10-11,13-14,16,26-27H,9,12,15,17-20H2,1-6H3,(H,34,38)(H,35,39)/t26-,27?/m0/s1. The molecule has 0 spiro atoms. The van der Waals surface area contributed by atoms with Crippen molar-refractivity contribution < 1.29 is 23.9 Å². The van der Waals surface area contributed by atoms with Gasteiger partial charge >= 0.3 is 12.2 Å². The summed E-state index contributed by atoms with van der Waals surface area (Å²) in [6, 6.07) is 12.9. The Balaban J connectivity index is 1.42. The summed E-state index contributed by atoms with van der Waals surface area (Å²) < 4.78 is 11.1. The second-order valence-corrected chi connectivity index (χ2v) is 13.4. The van der Waals surface area contributed by atoms with Crippen LogP contribution >= 0.6 is 11.6 Å². The van der Waals surface area contributed by atoms with Gasteiger partial charge in [0.25, 0.3) is 0 Å². The van der Waals surface area contributed by atoms with Crippen molar-refractivity contribution in [3.8, 4) is 0 Å². The van der Waals surface area contributed by atoms with Crippen molar-refractivity contribution >= 4 is 29.7 Å². The Morgan fingerprint density at radius 2 is 1.62 bits per heavy atom. The number of halogens is 1. The smallest absolute Gasteiger partial charge is 0.411 e. The normalized spacial score (nSPS) is 18.9. The van der Waals surface area contributed by atoms with Crippen molar-refractivity contribution in [1.82, 2.24) is 20.4 Å². The number of rotatable bonds is 7. The molecule has 4 rings (SSSR count). The average molecular weight is 599 g/mol. The van der Waals surface area contributed by atoms with Crippen LogP contribution in [0.25, 0.3) is 0 Å². The molecule has 0 bridgehead atoms. The molecule has 2 aromatic rings. The molecule has 2 N–H and O–H groups in total. The van der Waals surface area contributed by atoms with Crippen LogP contribution in [0.2, 0.25) is 5.02 Å². The topological polar surface area (TPSA) is 100 Å². The minimum atomic E-state index is -0.603. The van der Waals surface area contributed by atoms with Gasteiger partial charge in [0.05, 0.1) is 18.6 Å². The number of hydrogen-bond acceptors (Lipinski definition) is 6. The van der Waals surface area contributed by atoms with Gasteiger partial charge in [-0.3, -0.25) is 14.6 Å². The summed E-state index contributed by atoms with van der Waals surface area (Å²) in [5.74, 6) is -0.0753. The van der Waals surface area contributed by atoms with E-state index in [1.165, 1.54) is 0 Å². The van der Waals surface area contributed by atoms with Crippen LogP contribution in [0.4, 0.5) is 9.59 Å². The van der Waals surface area contributed by atoms with E-state index in [9.17, 15) is 14.4 Å². The van der Waals surface area contributed by atoms with Gasteiger partial charge in [0.1, 0.15) is 11.2 Å². The summed E-state index contributed by atoms with van der Waals surface area (Å²) in [7, 11) is 0. The van der Waals surface area contributed by atoms with E-state index in [-0.39, 0.29) is 37.2 Å². The molecule has 1 saturated heterocycles. The lowest BCUT2D eigenvalue weighted by molar-refractivity contribution is -0.125. The van der Waals surface area contributed by atoms with Crippen molar-refractivity contribution in [2.75, 3.05) is 13.1 Å². The molecule has 0 saturated carbocycles. The fourth-order valence-corrected chi connectivity index (χ4v) is 5.65. The van der Waals surface area contributed by atoms with Crippen LogP contribution in [-0.2, 0) is 33.9 Å². The number of benzene rings is 2. The molecular weight excluding hydrogens is 556 g/mol. The third-order valence-electron chi connectivity index (χ3n) is 7.28. The van der Waals surface area contributed by atoms with Gasteiger partial charge < -0.3 is 20.1 Å². The molecule has 2 aliphatic heterocycles. The highest BCUT2D eigenvalue weighted by Crippen LogP contribution is 2.36. The van der Waals surface area contributed by atoms with Gasteiger partial charge in [0.15, 0.2) is 0 Å². The molecule has 9 nitrogen and oxygen atoms in total. The van der Waals surface area contributed by atoms with Crippen molar-refractivity contribution in [3.63, 3.8) is 0 Å². The van der Waals surface area contributed by atoms with E-state index in [1.54, 1.807) is 17.0 Å². The van der Waals surface area contributed by atoms with E-state index in [0.717, 1.165) is 41.6 Å². The number of amides is 3. The van der Waals surface area contributed by atoms with Gasteiger partial charge in [-0.05, 0) is 95.3 Å². The number of likely N-dealkylation sites (tertiary alicyclic amines) is 1. The van der Waals surface area contributed by atoms with Crippen molar-refractivity contribution in [2.24, 2.45) is 0 Å². The lowest BCUT2D eigenvalue weighted by Crippen LogP contribution is -2.47. The summed E-state index contributed by atoms with van der Waals surface area (Å²) in [6.45, 7) is 13.3. The van der Waals surface area contributed by atoms with E-state index in [2.05, 4.69) is 21.6 Å². The summed E-state index contributed by atoms with van der Waals surface area (Å²) in [6.07, 6.45) is 0.761. The zero-order valence-corrected chi connectivity index (χ0v) is 26.2. The Kier molecular flexibility index (Phi) is 9.73. The van der Waals surface area contributed by atoms with E-state index >= 15 is 0 Å². The summed E-state index contributed by atoms with van der Waals surface area (Å²) >= 11 is 6.27. The molecule has 0 aliphatic carbocycles. The summed E-state index contributed by atoms with van der Waals surface area (Å²) in [4.78, 5) is 42.8. The fraction of sp³-hybridized carbons (Fsp3) is 0.531.